The van der Waals surface area contributed by atoms with Crippen molar-refractivity contribution >= 4 is 43.8 Å². The SMILES string of the molecule is O=C1OC(=O)[C@@H](Br)[C@@H]1Br. The van der Waals surface area contributed by atoms with Crippen LogP contribution in [0.5, 0.6) is 0 Å². The van der Waals surface area contributed by atoms with E-state index in [0.29, 0.717) is 0 Å². The van der Waals surface area contributed by atoms with Gasteiger partial charge in [-0.25, -0.2) is 0 Å². The molecule has 2 atom stereocenters. The summed E-state index contributed by atoms with van der Waals surface area (Å²) in [7, 11) is 0. The minimum absolute atomic E-state index is 0.523. The predicted molar refractivity (Wildman–Crippen MR) is 36.5 cm³/mol. The van der Waals surface area contributed by atoms with Crippen LogP contribution < -0.4 is 0 Å². The maximum Gasteiger partial charge on any atom is 0.329 e. The molecular formula is C4H2Br2O3. The largest absolute Gasteiger partial charge is 0.391 e. The first-order valence-electron chi connectivity index (χ1n) is 2.16. The average molecular weight is 258 g/mol. The second-order valence-electron chi connectivity index (χ2n) is 1.54. The average Bonchev–Trinajstić information content (AvgIpc) is 1.98. The minimum Gasteiger partial charge on any atom is -0.391 e. The Bertz CT molecular complexity index is 149. The van der Waals surface area contributed by atoms with Crippen LogP contribution in [0.15, 0.2) is 0 Å². The maximum absolute atomic E-state index is 10.5. The molecule has 1 rings (SSSR count). The molecule has 1 fully saturated rings. The van der Waals surface area contributed by atoms with Crippen molar-refractivity contribution < 1.29 is 14.3 Å². The molecule has 0 radical (unpaired) electrons. The number of alkyl halides is 2. The van der Waals surface area contributed by atoms with E-state index in [1.807, 2.05) is 0 Å². The second kappa shape index (κ2) is 2.38. The zero-order chi connectivity index (χ0) is 7.02. The van der Waals surface area contributed by atoms with Gasteiger partial charge in [-0.1, -0.05) is 31.9 Å². The van der Waals surface area contributed by atoms with Crippen LogP contribution in [0.25, 0.3) is 0 Å². The Hall–Kier alpha value is 0.1000. The molecule has 5 heteroatoms. The number of carbonyl (C=O) groups excluding carboxylic acids is 2. The first-order valence-corrected chi connectivity index (χ1v) is 3.99. The van der Waals surface area contributed by atoms with Gasteiger partial charge in [0, 0.05) is 0 Å². The first-order chi connectivity index (χ1) is 4.13. The van der Waals surface area contributed by atoms with Crippen LogP contribution in [0.2, 0.25) is 0 Å². The molecule has 0 aromatic heterocycles. The molecule has 0 bridgehead atoms. The number of hydrogen-bond acceptors (Lipinski definition) is 3. The molecule has 0 unspecified atom stereocenters. The van der Waals surface area contributed by atoms with Crippen molar-refractivity contribution in [2.24, 2.45) is 0 Å². The lowest BCUT2D eigenvalue weighted by Crippen LogP contribution is -2.15. The number of hydrogen-bond donors (Lipinski definition) is 0. The van der Waals surface area contributed by atoms with E-state index in [4.69, 9.17) is 0 Å². The van der Waals surface area contributed by atoms with Crippen molar-refractivity contribution in [2.75, 3.05) is 0 Å². The highest BCUT2D eigenvalue weighted by Crippen LogP contribution is 2.23. The number of halogens is 2. The van der Waals surface area contributed by atoms with Gasteiger partial charge in [0.15, 0.2) is 0 Å². The van der Waals surface area contributed by atoms with E-state index in [1.54, 1.807) is 0 Å². The van der Waals surface area contributed by atoms with E-state index in [0.717, 1.165) is 0 Å². The van der Waals surface area contributed by atoms with Gasteiger partial charge in [-0.05, 0) is 0 Å². The third kappa shape index (κ3) is 1.16. The number of ether oxygens (including phenoxy) is 1. The van der Waals surface area contributed by atoms with E-state index in [2.05, 4.69) is 36.6 Å². The molecular weight excluding hydrogens is 256 g/mol. The number of cyclic esters (lactones) is 2. The van der Waals surface area contributed by atoms with E-state index in [9.17, 15) is 9.59 Å². The first kappa shape index (κ1) is 7.21. The van der Waals surface area contributed by atoms with Crippen molar-refractivity contribution in [3.05, 3.63) is 0 Å². The molecule has 0 saturated carbocycles. The van der Waals surface area contributed by atoms with E-state index < -0.39 is 21.6 Å². The summed E-state index contributed by atoms with van der Waals surface area (Å²) in [5, 5.41) is 0. The lowest BCUT2D eigenvalue weighted by Gasteiger charge is -1.92. The summed E-state index contributed by atoms with van der Waals surface area (Å²) in [4.78, 5) is 19.9. The Balaban J connectivity index is 2.77. The third-order valence-corrected chi connectivity index (χ3v) is 3.42. The number of rotatable bonds is 0. The van der Waals surface area contributed by atoms with Crippen LogP contribution in [-0.2, 0) is 14.3 Å². The molecule has 9 heavy (non-hydrogen) atoms. The monoisotopic (exact) mass is 256 g/mol. The van der Waals surface area contributed by atoms with Crippen molar-refractivity contribution in [3.8, 4) is 0 Å². The Morgan fingerprint density at radius 2 is 1.44 bits per heavy atom. The smallest absolute Gasteiger partial charge is 0.329 e. The maximum atomic E-state index is 10.5. The molecule has 1 heterocycles. The van der Waals surface area contributed by atoms with Crippen LogP contribution in [0.3, 0.4) is 0 Å². The topological polar surface area (TPSA) is 43.4 Å². The van der Waals surface area contributed by atoms with Crippen molar-refractivity contribution in [2.45, 2.75) is 9.65 Å². The summed E-state index contributed by atoms with van der Waals surface area (Å²) in [6, 6.07) is 0. The fourth-order valence-corrected chi connectivity index (χ4v) is 1.07. The predicted octanol–water partition coefficient (Wildman–Crippen LogP) is 0.597. The standard InChI is InChI=1S/C4H2Br2O3/c5-1-2(6)4(8)9-3(1)7/h1-2H/t1-,2-/m0/s1. The molecule has 0 aliphatic carbocycles. The van der Waals surface area contributed by atoms with Crippen LogP contribution in [-0.4, -0.2) is 21.6 Å². The van der Waals surface area contributed by atoms with Gasteiger partial charge >= 0.3 is 11.9 Å². The molecule has 1 aliphatic heterocycles. The van der Waals surface area contributed by atoms with Crippen molar-refractivity contribution in [3.63, 3.8) is 0 Å². The lowest BCUT2D eigenvalue weighted by molar-refractivity contribution is -0.151. The van der Waals surface area contributed by atoms with Crippen LogP contribution in [0, 0.1) is 0 Å². The third-order valence-electron chi connectivity index (χ3n) is 0.908. The Morgan fingerprint density at radius 3 is 1.56 bits per heavy atom. The lowest BCUT2D eigenvalue weighted by atomic mass is 10.4. The summed E-state index contributed by atoms with van der Waals surface area (Å²) in [5.74, 6) is -1.05. The molecule has 0 aromatic rings. The Kier molecular flexibility index (Phi) is 1.91. The van der Waals surface area contributed by atoms with E-state index in [-0.39, 0.29) is 0 Å². The van der Waals surface area contributed by atoms with Gasteiger partial charge in [0.05, 0.1) is 0 Å². The highest BCUT2D eigenvalue weighted by Gasteiger charge is 2.40. The Morgan fingerprint density at radius 1 is 1.11 bits per heavy atom. The van der Waals surface area contributed by atoms with Gasteiger partial charge in [0.1, 0.15) is 9.65 Å². The van der Waals surface area contributed by atoms with Gasteiger partial charge in [-0.2, -0.15) is 0 Å². The van der Waals surface area contributed by atoms with Crippen LogP contribution in [0.4, 0.5) is 0 Å². The summed E-state index contributed by atoms with van der Waals surface area (Å²) in [5.41, 5.74) is 0. The van der Waals surface area contributed by atoms with Gasteiger partial charge in [-0.3, -0.25) is 9.59 Å². The Labute approximate surface area is 68.0 Å². The molecule has 0 N–H and O–H groups in total. The zero-order valence-corrected chi connectivity index (χ0v) is 7.31. The molecule has 0 amide bonds. The van der Waals surface area contributed by atoms with Crippen molar-refractivity contribution in [1.82, 2.24) is 0 Å². The molecule has 1 aliphatic rings. The fraction of sp³-hybridized carbons (Fsp3) is 0.500. The quantitative estimate of drug-likeness (QED) is 0.363. The van der Waals surface area contributed by atoms with Crippen LogP contribution >= 0.6 is 31.9 Å². The van der Waals surface area contributed by atoms with Gasteiger partial charge < -0.3 is 4.74 Å². The highest BCUT2D eigenvalue weighted by molar-refractivity contribution is 9.12. The number of carbonyl (C=O) groups is 2. The summed E-state index contributed by atoms with van der Waals surface area (Å²) in [6.07, 6.45) is 0. The summed E-state index contributed by atoms with van der Waals surface area (Å²) in [6.45, 7) is 0. The van der Waals surface area contributed by atoms with Gasteiger partial charge in [-0.15, -0.1) is 0 Å². The summed E-state index contributed by atoms with van der Waals surface area (Å²) >= 11 is 5.93. The molecule has 0 spiro atoms. The normalized spacial score (nSPS) is 34.9. The fourth-order valence-electron chi connectivity index (χ4n) is 0.451. The molecule has 3 nitrogen and oxygen atoms in total. The van der Waals surface area contributed by atoms with Crippen LogP contribution in [0.1, 0.15) is 0 Å². The summed E-state index contributed by atoms with van der Waals surface area (Å²) < 4.78 is 4.21. The van der Waals surface area contributed by atoms with Gasteiger partial charge in [0.2, 0.25) is 0 Å². The van der Waals surface area contributed by atoms with Gasteiger partial charge in [0.25, 0.3) is 0 Å². The molecule has 0 aromatic carbocycles. The zero-order valence-electron chi connectivity index (χ0n) is 4.14. The molecule has 50 valence electrons. The minimum atomic E-state index is -0.526. The van der Waals surface area contributed by atoms with Crippen molar-refractivity contribution in [1.29, 1.82) is 0 Å². The van der Waals surface area contributed by atoms with E-state index in [1.165, 1.54) is 0 Å². The molecule has 1 saturated heterocycles. The second-order valence-corrected chi connectivity index (χ2v) is 3.52. The highest BCUT2D eigenvalue weighted by atomic mass is 79.9. The van der Waals surface area contributed by atoms with E-state index >= 15 is 0 Å². The number of esters is 2.